The average Bonchev–Trinajstić information content (AvgIpc) is 3.23. The van der Waals surface area contributed by atoms with Crippen molar-refractivity contribution in [1.82, 2.24) is 15.5 Å². The number of benzene rings is 1. The monoisotopic (exact) mass is 481 g/mol. The number of hydrogen-bond donors (Lipinski definition) is 1. The number of nitrogens with one attached hydrogen (secondary N) is 1. The maximum absolute atomic E-state index is 12.7. The molecule has 34 heavy (non-hydrogen) atoms. The van der Waals surface area contributed by atoms with Crippen LogP contribution in [0.1, 0.15) is 83.1 Å². The van der Waals surface area contributed by atoms with Crippen molar-refractivity contribution < 1.29 is 27.5 Å². The van der Waals surface area contributed by atoms with Gasteiger partial charge < -0.3 is 19.2 Å². The second-order valence-corrected chi connectivity index (χ2v) is 7.91. The van der Waals surface area contributed by atoms with Crippen LogP contribution in [-0.2, 0) is 9.53 Å². The van der Waals surface area contributed by atoms with Crippen molar-refractivity contribution in [3.63, 3.8) is 0 Å². The van der Waals surface area contributed by atoms with Gasteiger partial charge in [0.15, 0.2) is 0 Å². The maximum Gasteiger partial charge on any atom is 0.353 e. The van der Waals surface area contributed by atoms with Crippen LogP contribution in [0.15, 0.2) is 41.0 Å². The van der Waals surface area contributed by atoms with Crippen molar-refractivity contribution in [2.75, 3.05) is 6.61 Å². The van der Waals surface area contributed by atoms with Gasteiger partial charge in [0.25, 0.3) is 0 Å². The molecule has 3 rings (SSSR count). The summed E-state index contributed by atoms with van der Waals surface area (Å²) in [5, 5.41) is 10.4. The van der Waals surface area contributed by atoms with Crippen LogP contribution in [0, 0.1) is 6.92 Å². The molecule has 1 N–H and O–H groups in total. The maximum atomic E-state index is 12.7. The topological polar surface area (TPSA) is 86.5 Å². The summed E-state index contributed by atoms with van der Waals surface area (Å²) in [6.45, 7) is 15.1. The van der Waals surface area contributed by atoms with Crippen molar-refractivity contribution >= 4 is 6.41 Å². The number of aryl methyl sites for hydroxylation is 1. The first kappa shape index (κ1) is 29.2. The first-order valence-corrected chi connectivity index (χ1v) is 11.6. The van der Waals surface area contributed by atoms with Crippen molar-refractivity contribution in [3.8, 4) is 5.75 Å². The van der Waals surface area contributed by atoms with Crippen LogP contribution >= 0.6 is 0 Å². The lowest BCUT2D eigenvalue weighted by atomic mass is 9.82. The molecule has 1 aromatic heterocycles. The largest absolute Gasteiger partial charge is 0.494 e. The van der Waals surface area contributed by atoms with Crippen LogP contribution in [-0.4, -0.2) is 35.4 Å². The highest BCUT2D eigenvalue weighted by atomic mass is 19.3. The number of ether oxygens (including phenoxy) is 2. The van der Waals surface area contributed by atoms with Gasteiger partial charge in [0.1, 0.15) is 5.75 Å². The summed E-state index contributed by atoms with van der Waals surface area (Å²) in [5.74, 6) is 1.70. The van der Waals surface area contributed by atoms with Crippen LogP contribution < -0.4 is 10.1 Å². The summed E-state index contributed by atoms with van der Waals surface area (Å²) in [5.41, 5.74) is 1.83. The number of carbonyl (C=O) groups is 1. The Balaban J connectivity index is 0.000000402. The third-order valence-corrected chi connectivity index (χ3v) is 4.84. The number of amides is 1. The van der Waals surface area contributed by atoms with Gasteiger partial charge in [-0.1, -0.05) is 45.0 Å². The lowest BCUT2D eigenvalue weighted by Gasteiger charge is -2.34. The van der Waals surface area contributed by atoms with Gasteiger partial charge in [-0.2, -0.15) is 8.78 Å². The average molecular weight is 482 g/mol. The summed E-state index contributed by atoms with van der Waals surface area (Å²) in [6.07, 6.45) is -1.66. The first-order valence-electron chi connectivity index (χ1n) is 11.6. The highest BCUT2D eigenvalue weighted by Gasteiger charge is 2.40. The van der Waals surface area contributed by atoms with Gasteiger partial charge in [0.05, 0.1) is 12.7 Å². The Hall–Kier alpha value is -2.81. The zero-order chi connectivity index (χ0) is 25.7. The van der Waals surface area contributed by atoms with Gasteiger partial charge in [-0.25, -0.2) is 0 Å². The summed E-state index contributed by atoms with van der Waals surface area (Å²) >= 11 is 0. The van der Waals surface area contributed by atoms with Gasteiger partial charge in [-0.15, -0.1) is 10.2 Å². The summed E-state index contributed by atoms with van der Waals surface area (Å²) in [4.78, 5) is 10.3. The number of rotatable bonds is 10. The molecule has 1 atom stereocenters. The van der Waals surface area contributed by atoms with Crippen LogP contribution in [0.25, 0.3) is 0 Å². The van der Waals surface area contributed by atoms with E-state index in [4.69, 9.17) is 9.15 Å². The van der Waals surface area contributed by atoms with Crippen LogP contribution in [0.3, 0.4) is 0 Å². The van der Waals surface area contributed by atoms with E-state index in [1.54, 1.807) is 0 Å². The smallest absolute Gasteiger partial charge is 0.353 e. The van der Waals surface area contributed by atoms with Crippen LogP contribution in [0.5, 0.6) is 5.75 Å². The third-order valence-electron chi connectivity index (χ3n) is 4.84. The standard InChI is InChI=1S/C14H19F2N3O3.C9H12O.C2H6/c1-8(4-9(2)17-7-20)12-18-19-13(21-12)10-5-11(6-10)22-14(3,15)16;1-3-10-9-6-4-8(2)5-7-9;1-2/h7-8,10-11H,2,4-6H2,1,3H3,(H,17,20);4-7H,3H2,1-2H3;1-2H3. The van der Waals surface area contributed by atoms with E-state index in [0.717, 1.165) is 19.3 Å². The van der Waals surface area contributed by atoms with Crippen LogP contribution in [0.2, 0.25) is 0 Å². The van der Waals surface area contributed by atoms with E-state index in [9.17, 15) is 13.6 Å². The van der Waals surface area contributed by atoms with E-state index in [-0.39, 0.29) is 11.8 Å². The molecular weight excluding hydrogens is 444 g/mol. The predicted molar refractivity (Wildman–Crippen MR) is 127 cm³/mol. The van der Waals surface area contributed by atoms with E-state index < -0.39 is 12.2 Å². The number of allylic oxidation sites excluding steroid dienone is 1. The van der Waals surface area contributed by atoms with E-state index in [0.29, 0.717) is 43.2 Å². The third kappa shape index (κ3) is 10.4. The molecule has 1 heterocycles. The molecule has 1 unspecified atom stereocenters. The Morgan fingerprint density at radius 1 is 1.29 bits per heavy atom. The molecule has 0 spiro atoms. The lowest BCUT2D eigenvalue weighted by molar-refractivity contribution is -0.265. The Labute approximate surface area is 200 Å². The predicted octanol–water partition coefficient (Wildman–Crippen LogP) is 6.12. The Morgan fingerprint density at radius 2 is 1.91 bits per heavy atom. The first-order chi connectivity index (χ1) is 16.1. The molecule has 7 nitrogen and oxygen atoms in total. The van der Waals surface area contributed by atoms with Gasteiger partial charge in [0.2, 0.25) is 18.2 Å². The molecule has 1 fully saturated rings. The molecule has 1 aliphatic carbocycles. The number of halogens is 2. The molecule has 1 amide bonds. The molecule has 2 aromatic rings. The normalized spacial score (nSPS) is 17.6. The van der Waals surface area contributed by atoms with Crippen molar-refractivity contribution in [1.29, 1.82) is 0 Å². The second kappa shape index (κ2) is 14.5. The van der Waals surface area contributed by atoms with Gasteiger partial charge >= 0.3 is 6.11 Å². The number of nitrogens with zero attached hydrogens (tertiary/aromatic N) is 2. The minimum atomic E-state index is -3.11. The minimum absolute atomic E-state index is 0.0444. The highest BCUT2D eigenvalue weighted by Crippen LogP contribution is 2.40. The number of carbonyl (C=O) groups excluding carboxylic acids is 1. The van der Waals surface area contributed by atoms with Crippen LogP contribution in [0.4, 0.5) is 8.78 Å². The number of alkyl halides is 2. The molecule has 190 valence electrons. The zero-order valence-corrected chi connectivity index (χ0v) is 20.9. The zero-order valence-electron chi connectivity index (χ0n) is 20.9. The molecule has 0 radical (unpaired) electrons. The number of aromatic nitrogens is 2. The summed E-state index contributed by atoms with van der Waals surface area (Å²) < 4.78 is 40.8. The minimum Gasteiger partial charge on any atom is -0.494 e. The molecule has 1 saturated carbocycles. The Morgan fingerprint density at radius 3 is 2.44 bits per heavy atom. The van der Waals surface area contributed by atoms with E-state index in [1.807, 2.05) is 52.0 Å². The fourth-order valence-electron chi connectivity index (χ4n) is 3.17. The van der Waals surface area contributed by atoms with Gasteiger partial charge in [0, 0.05) is 24.5 Å². The molecule has 0 aliphatic heterocycles. The highest BCUT2D eigenvalue weighted by molar-refractivity contribution is 5.49. The van der Waals surface area contributed by atoms with Crippen molar-refractivity contribution in [2.45, 2.75) is 84.9 Å². The van der Waals surface area contributed by atoms with Crippen molar-refractivity contribution in [3.05, 3.63) is 53.9 Å². The molecule has 1 aromatic carbocycles. The molecule has 0 saturated heterocycles. The van der Waals surface area contributed by atoms with E-state index in [2.05, 4.69) is 33.8 Å². The summed E-state index contributed by atoms with van der Waals surface area (Å²) in [6, 6.07) is 8.06. The molecular formula is C25H37F2N3O4. The van der Waals surface area contributed by atoms with Gasteiger partial charge in [-0.05, 0) is 45.2 Å². The Kier molecular flexibility index (Phi) is 12.4. The lowest BCUT2D eigenvalue weighted by Crippen LogP contribution is -2.35. The molecule has 0 bridgehead atoms. The SMILES string of the molecule is C=C(CC(C)c1nnc(C2CC(OC(C)(F)F)C2)o1)NC=O.CC.CCOc1ccc(C)cc1. The fourth-order valence-corrected chi connectivity index (χ4v) is 3.17. The van der Waals surface area contributed by atoms with E-state index in [1.165, 1.54) is 5.56 Å². The quantitative estimate of drug-likeness (QED) is 0.412. The van der Waals surface area contributed by atoms with Gasteiger partial charge in [-0.3, -0.25) is 4.79 Å². The Bertz CT molecular complexity index is 860. The number of hydrogen-bond acceptors (Lipinski definition) is 6. The summed E-state index contributed by atoms with van der Waals surface area (Å²) in [7, 11) is 0. The molecule has 1 aliphatic rings. The fraction of sp³-hybridized carbons (Fsp3) is 0.560. The van der Waals surface area contributed by atoms with Crippen molar-refractivity contribution in [2.24, 2.45) is 0 Å². The second-order valence-electron chi connectivity index (χ2n) is 7.91. The van der Waals surface area contributed by atoms with E-state index >= 15 is 0 Å². The molecule has 9 heteroatoms.